The molecule has 0 saturated heterocycles. The quantitative estimate of drug-likeness (QED) is 0.791. The smallest absolute Gasteiger partial charge is 0.149 e. The minimum atomic E-state index is -0.0463. The van der Waals surface area contributed by atoms with Gasteiger partial charge in [-0.1, -0.05) is 6.92 Å². The molecule has 0 aliphatic rings. The SMILES string of the molecule is CCC(C)(C)Nc1ncc(C#N)cc1N. The number of nitrogen functional groups attached to an aromatic ring is 1. The summed E-state index contributed by atoms with van der Waals surface area (Å²) in [5.41, 5.74) is 6.73. The highest BCUT2D eigenvalue weighted by Crippen LogP contribution is 2.21. The summed E-state index contributed by atoms with van der Waals surface area (Å²) in [5, 5.41) is 11.9. The molecule has 1 heterocycles. The Bertz CT molecular complexity index is 390. The average molecular weight is 204 g/mol. The fraction of sp³-hybridized carbons (Fsp3) is 0.455. The van der Waals surface area contributed by atoms with Gasteiger partial charge in [-0.3, -0.25) is 0 Å². The van der Waals surface area contributed by atoms with Crippen molar-refractivity contribution >= 4 is 11.5 Å². The van der Waals surface area contributed by atoms with Crippen molar-refractivity contribution in [2.75, 3.05) is 11.1 Å². The molecule has 0 fully saturated rings. The van der Waals surface area contributed by atoms with Crippen molar-refractivity contribution in [1.82, 2.24) is 4.98 Å². The Balaban J connectivity index is 2.93. The van der Waals surface area contributed by atoms with Gasteiger partial charge in [0.25, 0.3) is 0 Å². The predicted molar refractivity (Wildman–Crippen MR) is 61.4 cm³/mol. The van der Waals surface area contributed by atoms with Crippen molar-refractivity contribution < 1.29 is 0 Å². The molecule has 0 amide bonds. The van der Waals surface area contributed by atoms with Crippen LogP contribution in [0.1, 0.15) is 32.8 Å². The number of nitrogens with two attached hydrogens (primary N) is 1. The summed E-state index contributed by atoms with van der Waals surface area (Å²) in [4.78, 5) is 4.12. The van der Waals surface area contributed by atoms with Gasteiger partial charge in [0.2, 0.25) is 0 Å². The molecule has 0 saturated carbocycles. The number of aromatic nitrogens is 1. The van der Waals surface area contributed by atoms with Crippen molar-refractivity contribution in [1.29, 1.82) is 5.26 Å². The van der Waals surface area contributed by atoms with E-state index in [1.54, 1.807) is 6.07 Å². The Labute approximate surface area is 90.1 Å². The fourth-order valence-corrected chi connectivity index (χ4v) is 1.06. The zero-order chi connectivity index (χ0) is 11.5. The second kappa shape index (κ2) is 4.18. The summed E-state index contributed by atoms with van der Waals surface area (Å²) in [5.74, 6) is 0.640. The average Bonchev–Trinajstić information content (AvgIpc) is 2.21. The van der Waals surface area contributed by atoms with Gasteiger partial charge in [0.1, 0.15) is 11.9 Å². The molecule has 4 heteroatoms. The monoisotopic (exact) mass is 204 g/mol. The molecule has 0 radical (unpaired) electrons. The Morgan fingerprint density at radius 3 is 2.73 bits per heavy atom. The van der Waals surface area contributed by atoms with E-state index in [9.17, 15) is 0 Å². The van der Waals surface area contributed by atoms with Gasteiger partial charge in [0.15, 0.2) is 0 Å². The highest BCUT2D eigenvalue weighted by molar-refractivity contribution is 5.63. The number of nitriles is 1. The largest absolute Gasteiger partial charge is 0.396 e. The molecule has 0 aromatic carbocycles. The Hall–Kier alpha value is -1.76. The first-order valence-corrected chi connectivity index (χ1v) is 4.92. The van der Waals surface area contributed by atoms with Crippen LogP contribution in [0.25, 0.3) is 0 Å². The molecule has 0 unspecified atom stereocenters. The first-order chi connectivity index (χ1) is 6.98. The van der Waals surface area contributed by atoms with Crippen LogP contribution in [-0.4, -0.2) is 10.5 Å². The summed E-state index contributed by atoms with van der Waals surface area (Å²) in [6, 6.07) is 3.63. The van der Waals surface area contributed by atoms with Crippen molar-refractivity contribution in [3.8, 4) is 6.07 Å². The summed E-state index contributed by atoms with van der Waals surface area (Å²) < 4.78 is 0. The molecule has 0 aliphatic carbocycles. The number of pyridine rings is 1. The summed E-state index contributed by atoms with van der Waals surface area (Å²) in [6.07, 6.45) is 2.48. The van der Waals surface area contributed by atoms with Crippen LogP contribution < -0.4 is 11.1 Å². The molecule has 1 aromatic heterocycles. The normalized spacial score (nSPS) is 10.8. The van der Waals surface area contributed by atoms with E-state index in [1.807, 2.05) is 6.07 Å². The third-order valence-corrected chi connectivity index (χ3v) is 2.39. The first-order valence-electron chi connectivity index (χ1n) is 4.92. The van der Waals surface area contributed by atoms with Crippen LogP contribution in [0.2, 0.25) is 0 Å². The first kappa shape index (κ1) is 11.3. The van der Waals surface area contributed by atoms with Crippen LogP contribution in [0, 0.1) is 11.3 Å². The van der Waals surface area contributed by atoms with Crippen molar-refractivity contribution in [2.45, 2.75) is 32.7 Å². The molecule has 0 atom stereocenters. The van der Waals surface area contributed by atoms with E-state index in [0.29, 0.717) is 17.1 Å². The predicted octanol–water partition coefficient (Wildman–Crippen LogP) is 2.14. The van der Waals surface area contributed by atoms with Crippen molar-refractivity contribution in [2.24, 2.45) is 0 Å². The van der Waals surface area contributed by atoms with Gasteiger partial charge in [-0.15, -0.1) is 0 Å². The van der Waals surface area contributed by atoms with Gasteiger partial charge in [0, 0.05) is 11.7 Å². The Kier molecular flexibility index (Phi) is 3.15. The van der Waals surface area contributed by atoms with E-state index < -0.39 is 0 Å². The second-order valence-corrected chi connectivity index (χ2v) is 4.14. The lowest BCUT2D eigenvalue weighted by Gasteiger charge is -2.25. The maximum atomic E-state index is 8.67. The highest BCUT2D eigenvalue weighted by Gasteiger charge is 2.16. The summed E-state index contributed by atoms with van der Waals surface area (Å²) >= 11 is 0. The number of nitrogens with zero attached hydrogens (tertiary/aromatic N) is 2. The number of rotatable bonds is 3. The van der Waals surface area contributed by atoms with Crippen LogP contribution in [0.4, 0.5) is 11.5 Å². The van der Waals surface area contributed by atoms with E-state index in [-0.39, 0.29) is 5.54 Å². The van der Waals surface area contributed by atoms with Crippen LogP contribution in [0.5, 0.6) is 0 Å². The maximum Gasteiger partial charge on any atom is 0.149 e. The fourth-order valence-electron chi connectivity index (χ4n) is 1.06. The molecule has 1 rings (SSSR count). The molecule has 1 aromatic rings. The molecule has 3 N–H and O–H groups in total. The van der Waals surface area contributed by atoms with E-state index in [2.05, 4.69) is 31.1 Å². The van der Waals surface area contributed by atoms with E-state index in [4.69, 9.17) is 11.0 Å². The summed E-state index contributed by atoms with van der Waals surface area (Å²) in [7, 11) is 0. The highest BCUT2D eigenvalue weighted by atomic mass is 15.1. The molecule has 4 nitrogen and oxygen atoms in total. The molecular formula is C11H16N4. The van der Waals surface area contributed by atoms with Gasteiger partial charge in [-0.05, 0) is 26.3 Å². The van der Waals surface area contributed by atoms with Crippen LogP contribution in [0.3, 0.4) is 0 Å². The number of hydrogen-bond acceptors (Lipinski definition) is 4. The minimum Gasteiger partial charge on any atom is -0.396 e. The second-order valence-electron chi connectivity index (χ2n) is 4.14. The lowest BCUT2D eigenvalue weighted by atomic mass is 10.0. The van der Waals surface area contributed by atoms with E-state index in [0.717, 1.165) is 6.42 Å². The van der Waals surface area contributed by atoms with Crippen molar-refractivity contribution in [3.05, 3.63) is 17.8 Å². The third-order valence-electron chi connectivity index (χ3n) is 2.39. The van der Waals surface area contributed by atoms with Gasteiger partial charge in [-0.2, -0.15) is 5.26 Å². The van der Waals surface area contributed by atoms with Gasteiger partial charge >= 0.3 is 0 Å². The molecule has 0 aliphatic heterocycles. The minimum absolute atomic E-state index is 0.0463. The van der Waals surface area contributed by atoms with Crippen molar-refractivity contribution in [3.63, 3.8) is 0 Å². The van der Waals surface area contributed by atoms with Gasteiger partial charge in [-0.25, -0.2) is 4.98 Å². The lowest BCUT2D eigenvalue weighted by Crippen LogP contribution is -2.30. The maximum absolute atomic E-state index is 8.67. The standard InChI is InChI=1S/C11H16N4/c1-4-11(2,3)15-10-9(13)5-8(6-12)7-14-10/h5,7H,4,13H2,1-3H3,(H,14,15). The Morgan fingerprint density at radius 1 is 1.60 bits per heavy atom. The molecule has 15 heavy (non-hydrogen) atoms. The molecule has 0 spiro atoms. The summed E-state index contributed by atoms with van der Waals surface area (Å²) in [6.45, 7) is 6.24. The molecule has 80 valence electrons. The number of hydrogen-bond donors (Lipinski definition) is 2. The van der Waals surface area contributed by atoms with E-state index >= 15 is 0 Å². The third kappa shape index (κ3) is 2.84. The van der Waals surface area contributed by atoms with Gasteiger partial charge < -0.3 is 11.1 Å². The van der Waals surface area contributed by atoms with E-state index in [1.165, 1.54) is 6.20 Å². The Morgan fingerprint density at radius 2 is 2.27 bits per heavy atom. The van der Waals surface area contributed by atoms with Crippen LogP contribution >= 0.6 is 0 Å². The van der Waals surface area contributed by atoms with Crippen LogP contribution in [-0.2, 0) is 0 Å². The zero-order valence-electron chi connectivity index (χ0n) is 9.33. The number of anilines is 2. The molecular weight excluding hydrogens is 188 g/mol. The zero-order valence-corrected chi connectivity index (χ0v) is 9.33. The number of nitrogens with one attached hydrogen (secondary N) is 1. The van der Waals surface area contributed by atoms with Crippen LogP contribution in [0.15, 0.2) is 12.3 Å². The topological polar surface area (TPSA) is 74.7 Å². The van der Waals surface area contributed by atoms with Gasteiger partial charge in [0.05, 0.1) is 11.3 Å². The molecule has 0 bridgehead atoms. The lowest BCUT2D eigenvalue weighted by molar-refractivity contribution is 0.545.